The fraction of sp³-hybridized carbons (Fsp3) is 0.150. The van der Waals surface area contributed by atoms with Crippen molar-refractivity contribution in [2.75, 3.05) is 34.6 Å². The molecule has 31 heavy (non-hydrogen) atoms. The Hall–Kier alpha value is -3.44. The molecule has 2 heterocycles. The lowest BCUT2D eigenvalue weighted by Gasteiger charge is -2.18. The number of sulfonamides is 1. The first kappa shape index (κ1) is 20.8. The van der Waals surface area contributed by atoms with Crippen LogP contribution in [0.2, 0.25) is 0 Å². The number of urea groups is 1. The SMILES string of the molecule is O=C(CN1CCN(c2ccccc2)C1=O)Nc1ccc(S(=O)(=O)Nc2nccs2)cc1. The Morgan fingerprint density at radius 3 is 2.48 bits per heavy atom. The highest BCUT2D eigenvalue weighted by atomic mass is 32.2. The molecule has 0 atom stereocenters. The number of anilines is 3. The molecular weight excluding hydrogens is 438 g/mol. The first-order valence-corrected chi connectivity index (χ1v) is 11.7. The fourth-order valence-electron chi connectivity index (χ4n) is 3.12. The number of hydrogen-bond donors (Lipinski definition) is 2. The Labute approximate surface area is 183 Å². The predicted molar refractivity (Wildman–Crippen MR) is 119 cm³/mol. The van der Waals surface area contributed by atoms with Crippen LogP contribution >= 0.6 is 11.3 Å². The third kappa shape index (κ3) is 4.84. The van der Waals surface area contributed by atoms with Crippen molar-refractivity contribution in [3.05, 3.63) is 66.2 Å². The molecule has 0 bridgehead atoms. The van der Waals surface area contributed by atoms with E-state index in [1.165, 1.54) is 46.7 Å². The summed E-state index contributed by atoms with van der Waals surface area (Å²) in [5, 5.41) is 4.63. The number of aromatic nitrogens is 1. The molecule has 0 aliphatic carbocycles. The maximum absolute atomic E-state index is 12.6. The largest absolute Gasteiger partial charge is 0.325 e. The normalized spacial score (nSPS) is 14.0. The maximum atomic E-state index is 12.6. The van der Waals surface area contributed by atoms with Gasteiger partial charge in [-0.05, 0) is 36.4 Å². The summed E-state index contributed by atoms with van der Waals surface area (Å²) in [6.45, 7) is 0.864. The smallest absolute Gasteiger partial charge is 0.325 e. The summed E-state index contributed by atoms with van der Waals surface area (Å²) in [4.78, 5) is 32.0. The average molecular weight is 458 g/mol. The van der Waals surface area contributed by atoms with Gasteiger partial charge < -0.3 is 10.2 Å². The summed E-state index contributed by atoms with van der Waals surface area (Å²) >= 11 is 1.18. The van der Waals surface area contributed by atoms with Crippen LogP contribution in [0.4, 0.5) is 21.3 Å². The van der Waals surface area contributed by atoms with E-state index in [-0.39, 0.29) is 28.5 Å². The minimum absolute atomic E-state index is 0.0499. The minimum Gasteiger partial charge on any atom is -0.325 e. The Kier molecular flexibility index (Phi) is 5.87. The monoisotopic (exact) mass is 457 g/mol. The van der Waals surface area contributed by atoms with Gasteiger partial charge in [-0.1, -0.05) is 18.2 Å². The van der Waals surface area contributed by atoms with Gasteiger partial charge in [0.1, 0.15) is 6.54 Å². The molecule has 2 aromatic carbocycles. The Morgan fingerprint density at radius 1 is 1.06 bits per heavy atom. The number of carbonyl (C=O) groups is 2. The van der Waals surface area contributed by atoms with Gasteiger partial charge in [0.25, 0.3) is 10.0 Å². The van der Waals surface area contributed by atoms with Crippen molar-refractivity contribution in [1.82, 2.24) is 9.88 Å². The maximum Gasteiger partial charge on any atom is 0.325 e. The van der Waals surface area contributed by atoms with E-state index in [0.29, 0.717) is 18.8 Å². The molecule has 9 nitrogen and oxygen atoms in total. The van der Waals surface area contributed by atoms with E-state index in [9.17, 15) is 18.0 Å². The van der Waals surface area contributed by atoms with E-state index < -0.39 is 10.0 Å². The van der Waals surface area contributed by atoms with E-state index in [0.717, 1.165) is 5.69 Å². The van der Waals surface area contributed by atoms with Gasteiger partial charge in [-0.15, -0.1) is 11.3 Å². The number of benzene rings is 2. The molecule has 0 spiro atoms. The Bertz CT molecular complexity index is 1170. The van der Waals surface area contributed by atoms with Crippen molar-refractivity contribution >= 4 is 49.8 Å². The number of nitrogens with zero attached hydrogens (tertiary/aromatic N) is 3. The molecule has 3 aromatic rings. The first-order valence-electron chi connectivity index (χ1n) is 9.36. The molecule has 4 rings (SSSR count). The molecule has 2 N–H and O–H groups in total. The van der Waals surface area contributed by atoms with Crippen LogP contribution in [0.15, 0.2) is 71.1 Å². The summed E-state index contributed by atoms with van der Waals surface area (Å²) in [6, 6.07) is 14.8. The summed E-state index contributed by atoms with van der Waals surface area (Å²) in [6.07, 6.45) is 1.51. The van der Waals surface area contributed by atoms with Crippen LogP contribution in [0.1, 0.15) is 0 Å². The van der Waals surface area contributed by atoms with Crippen LogP contribution in [-0.2, 0) is 14.8 Å². The van der Waals surface area contributed by atoms with Crippen molar-refractivity contribution in [3.8, 4) is 0 Å². The molecule has 160 valence electrons. The van der Waals surface area contributed by atoms with Gasteiger partial charge in [-0.3, -0.25) is 14.4 Å². The average Bonchev–Trinajstić information content (AvgIpc) is 3.39. The van der Waals surface area contributed by atoms with E-state index >= 15 is 0 Å². The molecule has 3 amide bonds. The van der Waals surface area contributed by atoms with Crippen molar-refractivity contribution in [1.29, 1.82) is 0 Å². The van der Waals surface area contributed by atoms with Crippen molar-refractivity contribution in [2.24, 2.45) is 0 Å². The minimum atomic E-state index is -3.76. The highest BCUT2D eigenvalue weighted by Gasteiger charge is 2.30. The van der Waals surface area contributed by atoms with Gasteiger partial charge >= 0.3 is 6.03 Å². The van der Waals surface area contributed by atoms with Crippen LogP contribution < -0.4 is 14.9 Å². The van der Waals surface area contributed by atoms with Crippen LogP contribution in [0.5, 0.6) is 0 Å². The topological polar surface area (TPSA) is 112 Å². The summed E-state index contributed by atoms with van der Waals surface area (Å²) in [7, 11) is -3.76. The molecular formula is C20H19N5O4S2. The van der Waals surface area contributed by atoms with E-state index in [2.05, 4.69) is 15.0 Å². The quantitative estimate of drug-likeness (QED) is 0.567. The highest BCUT2D eigenvalue weighted by Crippen LogP contribution is 2.21. The number of carbonyl (C=O) groups excluding carboxylic acids is 2. The van der Waals surface area contributed by atoms with E-state index in [4.69, 9.17) is 0 Å². The second-order valence-corrected chi connectivity index (χ2v) is 9.28. The van der Waals surface area contributed by atoms with Crippen LogP contribution in [-0.4, -0.2) is 49.9 Å². The second-order valence-electron chi connectivity index (χ2n) is 6.71. The second kappa shape index (κ2) is 8.74. The van der Waals surface area contributed by atoms with Crippen molar-refractivity contribution < 1.29 is 18.0 Å². The summed E-state index contributed by atoms with van der Waals surface area (Å²) in [5.74, 6) is -0.361. The van der Waals surface area contributed by atoms with Gasteiger partial charge in [0.15, 0.2) is 5.13 Å². The van der Waals surface area contributed by atoms with Gasteiger partial charge in [0, 0.05) is 36.0 Å². The van der Waals surface area contributed by atoms with E-state index in [1.54, 1.807) is 10.3 Å². The fourth-order valence-corrected chi connectivity index (χ4v) is 4.90. The molecule has 0 radical (unpaired) electrons. The molecule has 1 saturated heterocycles. The van der Waals surface area contributed by atoms with Gasteiger partial charge in [-0.25, -0.2) is 18.2 Å². The number of hydrogen-bond acceptors (Lipinski definition) is 6. The summed E-state index contributed by atoms with van der Waals surface area (Å²) < 4.78 is 27.1. The Morgan fingerprint density at radius 2 is 1.81 bits per heavy atom. The zero-order valence-electron chi connectivity index (χ0n) is 16.3. The van der Waals surface area contributed by atoms with Gasteiger partial charge in [-0.2, -0.15) is 0 Å². The third-order valence-corrected chi connectivity index (χ3v) is 6.77. The lowest BCUT2D eigenvalue weighted by Crippen LogP contribution is -2.37. The zero-order chi connectivity index (χ0) is 21.8. The molecule has 1 aromatic heterocycles. The Balaban J connectivity index is 1.34. The number of rotatable bonds is 7. The molecule has 0 unspecified atom stereocenters. The van der Waals surface area contributed by atoms with Crippen LogP contribution in [0, 0.1) is 0 Å². The number of nitrogens with one attached hydrogen (secondary N) is 2. The molecule has 0 saturated carbocycles. The predicted octanol–water partition coefficient (Wildman–Crippen LogP) is 2.82. The lowest BCUT2D eigenvalue weighted by molar-refractivity contribution is -0.116. The highest BCUT2D eigenvalue weighted by molar-refractivity contribution is 7.93. The first-order chi connectivity index (χ1) is 14.9. The zero-order valence-corrected chi connectivity index (χ0v) is 17.9. The molecule has 1 aliphatic heterocycles. The number of amides is 3. The summed E-state index contributed by atoms with van der Waals surface area (Å²) in [5.41, 5.74) is 1.23. The molecule has 1 fully saturated rings. The number of thiazole rings is 1. The lowest BCUT2D eigenvalue weighted by atomic mass is 10.3. The standard InChI is InChI=1S/C20H19N5O4S2/c26-18(14-24-11-12-25(20(24)27)16-4-2-1-3-5-16)22-15-6-8-17(9-7-15)31(28,29)23-19-21-10-13-30-19/h1-10,13H,11-12,14H2,(H,21,23)(H,22,26). The number of para-hydroxylation sites is 1. The van der Waals surface area contributed by atoms with Gasteiger partial charge in [0.2, 0.25) is 5.91 Å². The van der Waals surface area contributed by atoms with Crippen molar-refractivity contribution in [3.63, 3.8) is 0 Å². The van der Waals surface area contributed by atoms with Crippen LogP contribution in [0.25, 0.3) is 0 Å². The molecule has 1 aliphatic rings. The van der Waals surface area contributed by atoms with Crippen LogP contribution in [0.3, 0.4) is 0 Å². The molecule has 11 heteroatoms. The van der Waals surface area contributed by atoms with Gasteiger partial charge in [0.05, 0.1) is 4.90 Å². The third-order valence-electron chi connectivity index (χ3n) is 4.60. The van der Waals surface area contributed by atoms with E-state index in [1.807, 2.05) is 30.3 Å². The van der Waals surface area contributed by atoms with Crippen molar-refractivity contribution in [2.45, 2.75) is 4.90 Å².